The Morgan fingerprint density at radius 3 is 2.79 bits per heavy atom. The molecular weight excluding hydrogens is 266 g/mol. The van der Waals surface area contributed by atoms with Crippen molar-refractivity contribution in [1.29, 1.82) is 0 Å². The Kier molecular flexibility index (Phi) is 4.27. The Morgan fingerprint density at radius 2 is 2.16 bits per heavy atom. The average molecular weight is 287 g/mol. The third-order valence-electron chi connectivity index (χ3n) is 3.75. The lowest BCUT2D eigenvalue weighted by atomic mass is 9.89. The number of sulfonamides is 1. The van der Waals surface area contributed by atoms with Crippen molar-refractivity contribution < 1.29 is 13.5 Å². The van der Waals surface area contributed by atoms with Crippen LogP contribution in [0.1, 0.15) is 32.6 Å². The molecule has 0 bridgehead atoms. The maximum Gasteiger partial charge on any atom is 0.243 e. The van der Waals surface area contributed by atoms with Crippen molar-refractivity contribution in [3.63, 3.8) is 0 Å². The molecule has 2 rings (SSSR count). The molecule has 0 spiro atoms. The van der Waals surface area contributed by atoms with Crippen LogP contribution in [0.3, 0.4) is 0 Å². The minimum Gasteiger partial charge on any atom is -0.394 e. The molecule has 0 unspecified atom stereocenters. The number of hydrogen-bond acceptors (Lipinski definition) is 4. The molecule has 1 saturated carbocycles. The molecule has 1 aliphatic rings. The Labute approximate surface area is 113 Å². The molecule has 0 aliphatic heterocycles. The quantitative estimate of drug-likeness (QED) is 0.808. The largest absolute Gasteiger partial charge is 0.394 e. The number of rotatable bonds is 6. The lowest BCUT2D eigenvalue weighted by Crippen LogP contribution is -2.34. The molecule has 0 radical (unpaired) electrons. The van der Waals surface area contributed by atoms with E-state index in [-0.39, 0.29) is 16.9 Å². The summed E-state index contributed by atoms with van der Waals surface area (Å²) in [5.41, 5.74) is 0.0775. The van der Waals surface area contributed by atoms with Gasteiger partial charge in [0.25, 0.3) is 0 Å². The molecule has 1 aliphatic carbocycles. The SMILES string of the molecule is CC1(CNS(=O)(=O)c2cnn(CCO)c2)CCCC1. The van der Waals surface area contributed by atoms with Crippen molar-refractivity contribution in [2.75, 3.05) is 13.2 Å². The fraction of sp³-hybridized carbons (Fsp3) is 0.750. The van der Waals surface area contributed by atoms with Gasteiger partial charge in [-0.15, -0.1) is 0 Å². The summed E-state index contributed by atoms with van der Waals surface area (Å²) in [6.07, 6.45) is 7.24. The molecule has 19 heavy (non-hydrogen) atoms. The highest BCUT2D eigenvalue weighted by Crippen LogP contribution is 2.36. The van der Waals surface area contributed by atoms with Crippen molar-refractivity contribution in [2.24, 2.45) is 5.41 Å². The summed E-state index contributed by atoms with van der Waals surface area (Å²) in [7, 11) is -3.50. The lowest BCUT2D eigenvalue weighted by Gasteiger charge is -2.23. The van der Waals surface area contributed by atoms with E-state index in [0.717, 1.165) is 12.8 Å². The minimum atomic E-state index is -3.50. The molecule has 7 heteroatoms. The average Bonchev–Trinajstić information content (AvgIpc) is 2.98. The first-order valence-electron chi connectivity index (χ1n) is 6.58. The van der Waals surface area contributed by atoms with Crippen LogP contribution < -0.4 is 4.72 Å². The van der Waals surface area contributed by atoms with Gasteiger partial charge in [0, 0.05) is 12.7 Å². The standard InChI is InChI=1S/C12H21N3O3S/c1-12(4-2-3-5-12)10-14-19(17,18)11-8-13-15(9-11)6-7-16/h8-9,14,16H,2-7,10H2,1H3. The molecule has 1 aromatic heterocycles. The highest BCUT2D eigenvalue weighted by atomic mass is 32.2. The van der Waals surface area contributed by atoms with E-state index in [2.05, 4.69) is 16.7 Å². The Balaban J connectivity index is 2.01. The van der Waals surface area contributed by atoms with Crippen LogP contribution in [-0.4, -0.2) is 36.5 Å². The van der Waals surface area contributed by atoms with Gasteiger partial charge < -0.3 is 5.11 Å². The van der Waals surface area contributed by atoms with E-state index in [4.69, 9.17) is 5.11 Å². The van der Waals surface area contributed by atoms with E-state index in [1.165, 1.54) is 29.9 Å². The summed E-state index contributed by atoms with van der Waals surface area (Å²) in [6.45, 7) is 2.83. The van der Waals surface area contributed by atoms with Crippen molar-refractivity contribution in [2.45, 2.75) is 44.0 Å². The molecule has 0 aromatic carbocycles. The monoisotopic (exact) mass is 287 g/mol. The van der Waals surface area contributed by atoms with E-state index >= 15 is 0 Å². The van der Waals surface area contributed by atoms with E-state index in [0.29, 0.717) is 13.1 Å². The maximum absolute atomic E-state index is 12.1. The first-order valence-corrected chi connectivity index (χ1v) is 8.07. The predicted octanol–water partition coefficient (Wildman–Crippen LogP) is 0.734. The van der Waals surface area contributed by atoms with E-state index in [9.17, 15) is 8.42 Å². The van der Waals surface area contributed by atoms with Gasteiger partial charge in [0.2, 0.25) is 10.0 Å². The van der Waals surface area contributed by atoms with Crippen molar-refractivity contribution in [3.05, 3.63) is 12.4 Å². The molecule has 0 saturated heterocycles. The van der Waals surface area contributed by atoms with Crippen LogP contribution >= 0.6 is 0 Å². The van der Waals surface area contributed by atoms with Crippen LogP contribution in [0.2, 0.25) is 0 Å². The molecule has 1 fully saturated rings. The highest BCUT2D eigenvalue weighted by molar-refractivity contribution is 7.89. The first kappa shape index (κ1) is 14.5. The van der Waals surface area contributed by atoms with Gasteiger partial charge >= 0.3 is 0 Å². The number of hydrogen-bond donors (Lipinski definition) is 2. The predicted molar refractivity (Wildman–Crippen MR) is 71.1 cm³/mol. The van der Waals surface area contributed by atoms with E-state index < -0.39 is 10.0 Å². The van der Waals surface area contributed by atoms with Gasteiger partial charge in [-0.1, -0.05) is 19.8 Å². The molecule has 0 amide bonds. The summed E-state index contributed by atoms with van der Waals surface area (Å²) < 4.78 is 28.3. The van der Waals surface area contributed by atoms with Gasteiger partial charge in [-0.25, -0.2) is 13.1 Å². The van der Waals surface area contributed by atoms with Crippen molar-refractivity contribution >= 4 is 10.0 Å². The molecule has 2 N–H and O–H groups in total. The van der Waals surface area contributed by atoms with Gasteiger partial charge in [-0.3, -0.25) is 4.68 Å². The molecule has 0 atom stereocenters. The molecular formula is C12H21N3O3S. The summed E-state index contributed by atoms with van der Waals surface area (Å²) >= 11 is 0. The van der Waals surface area contributed by atoms with Crippen molar-refractivity contribution in [1.82, 2.24) is 14.5 Å². The minimum absolute atomic E-state index is 0.0628. The topological polar surface area (TPSA) is 84.2 Å². The van der Waals surface area contributed by atoms with Crippen LogP contribution in [0.25, 0.3) is 0 Å². The molecule has 1 aromatic rings. The zero-order chi connectivity index (χ0) is 13.9. The summed E-state index contributed by atoms with van der Waals surface area (Å²) in [5.74, 6) is 0. The van der Waals surface area contributed by atoms with E-state index in [1.807, 2.05) is 0 Å². The highest BCUT2D eigenvalue weighted by Gasteiger charge is 2.30. The fourth-order valence-electron chi connectivity index (χ4n) is 2.47. The normalized spacial score (nSPS) is 18.8. The second kappa shape index (κ2) is 5.60. The third-order valence-corrected chi connectivity index (χ3v) is 5.10. The Bertz CT molecular complexity index is 518. The number of aromatic nitrogens is 2. The van der Waals surface area contributed by atoms with Gasteiger partial charge in [-0.2, -0.15) is 5.10 Å². The smallest absolute Gasteiger partial charge is 0.243 e. The Hall–Kier alpha value is -0.920. The van der Waals surface area contributed by atoms with Gasteiger partial charge in [0.05, 0.1) is 19.3 Å². The lowest BCUT2D eigenvalue weighted by molar-refractivity contribution is 0.269. The van der Waals surface area contributed by atoms with Crippen LogP contribution in [0, 0.1) is 5.41 Å². The molecule has 108 valence electrons. The summed E-state index contributed by atoms with van der Waals surface area (Å²) in [4.78, 5) is 0.155. The van der Waals surface area contributed by atoms with Gasteiger partial charge in [-0.05, 0) is 18.3 Å². The molecule has 1 heterocycles. The van der Waals surface area contributed by atoms with Crippen LogP contribution in [0.5, 0.6) is 0 Å². The summed E-state index contributed by atoms with van der Waals surface area (Å²) in [6, 6.07) is 0. The van der Waals surface area contributed by atoms with Crippen LogP contribution in [-0.2, 0) is 16.6 Å². The number of aliphatic hydroxyl groups excluding tert-OH is 1. The maximum atomic E-state index is 12.1. The van der Waals surface area contributed by atoms with Crippen LogP contribution in [0.4, 0.5) is 0 Å². The number of aliphatic hydroxyl groups is 1. The number of nitrogens with zero attached hydrogens (tertiary/aromatic N) is 2. The van der Waals surface area contributed by atoms with Gasteiger partial charge in [0.15, 0.2) is 0 Å². The van der Waals surface area contributed by atoms with Crippen molar-refractivity contribution in [3.8, 4) is 0 Å². The second-order valence-corrected chi connectivity index (χ2v) is 7.27. The second-order valence-electron chi connectivity index (χ2n) is 5.51. The number of nitrogens with one attached hydrogen (secondary N) is 1. The zero-order valence-electron chi connectivity index (χ0n) is 11.2. The third kappa shape index (κ3) is 3.55. The van der Waals surface area contributed by atoms with Gasteiger partial charge in [0.1, 0.15) is 4.90 Å². The van der Waals surface area contributed by atoms with Crippen LogP contribution in [0.15, 0.2) is 17.3 Å². The fourth-order valence-corrected chi connectivity index (χ4v) is 3.62. The first-order chi connectivity index (χ1) is 8.95. The summed E-state index contributed by atoms with van der Waals surface area (Å²) in [5, 5.41) is 12.7. The zero-order valence-corrected chi connectivity index (χ0v) is 12.0. The molecule has 6 nitrogen and oxygen atoms in total. The Morgan fingerprint density at radius 1 is 1.47 bits per heavy atom. The van der Waals surface area contributed by atoms with E-state index in [1.54, 1.807) is 0 Å².